The van der Waals surface area contributed by atoms with Crippen LogP contribution in [0.4, 0.5) is 0 Å². The molecule has 0 saturated heterocycles. The maximum atomic E-state index is 6.16. The first-order chi connectivity index (χ1) is 7.59. The van der Waals surface area contributed by atoms with Gasteiger partial charge in [0.2, 0.25) is 0 Å². The minimum absolute atomic E-state index is 0.260. The van der Waals surface area contributed by atoms with Crippen LogP contribution >= 0.6 is 0 Å². The van der Waals surface area contributed by atoms with Gasteiger partial charge in [-0.25, -0.2) is 0 Å². The van der Waals surface area contributed by atoms with Crippen molar-refractivity contribution in [1.82, 2.24) is 4.57 Å². The number of fused-ring (bicyclic) bond motifs is 1. The van der Waals surface area contributed by atoms with E-state index >= 15 is 0 Å². The molecule has 0 bridgehead atoms. The van der Waals surface area contributed by atoms with Gasteiger partial charge in [-0.3, -0.25) is 0 Å². The number of aryl methyl sites for hydroxylation is 1. The molecule has 2 rings (SSSR count). The van der Waals surface area contributed by atoms with E-state index in [-0.39, 0.29) is 6.04 Å². The highest BCUT2D eigenvalue weighted by Gasteiger charge is 2.21. The van der Waals surface area contributed by atoms with Crippen LogP contribution in [0.1, 0.15) is 49.7 Å². The van der Waals surface area contributed by atoms with E-state index in [9.17, 15) is 0 Å². The zero-order valence-electron chi connectivity index (χ0n) is 10.6. The van der Waals surface area contributed by atoms with Gasteiger partial charge in [0, 0.05) is 24.0 Å². The van der Waals surface area contributed by atoms with Crippen LogP contribution in [-0.2, 0) is 13.0 Å². The molecule has 2 N–H and O–H groups in total. The lowest BCUT2D eigenvalue weighted by molar-refractivity contribution is 0.547. The molecule has 88 valence electrons. The molecule has 0 fully saturated rings. The number of hydrogen-bond acceptors (Lipinski definition) is 1. The second-order valence-corrected chi connectivity index (χ2v) is 5.08. The summed E-state index contributed by atoms with van der Waals surface area (Å²) in [5.74, 6) is 0. The van der Waals surface area contributed by atoms with Crippen molar-refractivity contribution in [1.29, 1.82) is 0 Å². The third-order valence-corrected chi connectivity index (χ3v) is 3.46. The quantitative estimate of drug-likeness (QED) is 0.760. The Morgan fingerprint density at radius 3 is 3.00 bits per heavy atom. The number of aromatic nitrogens is 1. The lowest BCUT2D eigenvalue weighted by atomic mass is 9.93. The molecule has 1 unspecified atom stereocenters. The van der Waals surface area contributed by atoms with E-state index in [0.29, 0.717) is 0 Å². The Kier molecular flexibility index (Phi) is 3.20. The summed E-state index contributed by atoms with van der Waals surface area (Å²) < 4.78 is 2.42. The minimum atomic E-state index is 0.260. The van der Waals surface area contributed by atoms with Crippen LogP contribution < -0.4 is 5.73 Å². The molecule has 0 aromatic carbocycles. The number of rotatable bonds is 2. The fourth-order valence-electron chi connectivity index (χ4n) is 2.53. The predicted molar refractivity (Wildman–Crippen MR) is 68.5 cm³/mol. The SMILES string of the molecule is CC(C)=CCn1c(C)cc2c1CCCC2N. The van der Waals surface area contributed by atoms with Gasteiger partial charge in [-0.15, -0.1) is 0 Å². The summed E-state index contributed by atoms with van der Waals surface area (Å²) in [5.41, 5.74) is 11.7. The van der Waals surface area contributed by atoms with E-state index in [2.05, 4.69) is 37.5 Å². The summed E-state index contributed by atoms with van der Waals surface area (Å²) in [6.07, 6.45) is 5.84. The third kappa shape index (κ3) is 2.07. The van der Waals surface area contributed by atoms with Gasteiger partial charge in [0.15, 0.2) is 0 Å². The highest BCUT2D eigenvalue weighted by atomic mass is 15.0. The monoisotopic (exact) mass is 218 g/mol. The van der Waals surface area contributed by atoms with Gasteiger partial charge in [-0.1, -0.05) is 11.6 Å². The average molecular weight is 218 g/mol. The van der Waals surface area contributed by atoms with Crippen LogP contribution in [0.3, 0.4) is 0 Å². The summed E-state index contributed by atoms with van der Waals surface area (Å²) in [6.45, 7) is 7.48. The highest BCUT2D eigenvalue weighted by Crippen LogP contribution is 2.30. The van der Waals surface area contributed by atoms with E-state index in [1.807, 2.05) is 0 Å². The largest absolute Gasteiger partial charge is 0.345 e. The van der Waals surface area contributed by atoms with Crippen molar-refractivity contribution in [3.05, 3.63) is 34.7 Å². The van der Waals surface area contributed by atoms with Crippen LogP contribution in [0.25, 0.3) is 0 Å². The fraction of sp³-hybridized carbons (Fsp3) is 0.571. The summed E-state index contributed by atoms with van der Waals surface area (Å²) in [7, 11) is 0. The molecule has 1 heterocycles. The van der Waals surface area contributed by atoms with Gasteiger partial charge in [0.05, 0.1) is 0 Å². The smallest absolute Gasteiger partial charge is 0.0408 e. The number of allylic oxidation sites excluding steroid dienone is 2. The van der Waals surface area contributed by atoms with Gasteiger partial charge >= 0.3 is 0 Å². The second-order valence-electron chi connectivity index (χ2n) is 5.08. The van der Waals surface area contributed by atoms with E-state index in [4.69, 9.17) is 5.73 Å². The van der Waals surface area contributed by atoms with Crippen LogP contribution in [-0.4, -0.2) is 4.57 Å². The van der Waals surface area contributed by atoms with E-state index in [1.54, 1.807) is 0 Å². The van der Waals surface area contributed by atoms with Gasteiger partial charge in [0.1, 0.15) is 0 Å². The average Bonchev–Trinajstić information content (AvgIpc) is 2.53. The van der Waals surface area contributed by atoms with E-state index in [0.717, 1.165) is 13.0 Å². The molecule has 16 heavy (non-hydrogen) atoms. The Hall–Kier alpha value is -1.02. The van der Waals surface area contributed by atoms with Crippen LogP contribution in [0.15, 0.2) is 17.7 Å². The van der Waals surface area contributed by atoms with Crippen molar-refractivity contribution in [2.45, 2.75) is 52.6 Å². The fourth-order valence-corrected chi connectivity index (χ4v) is 2.53. The van der Waals surface area contributed by atoms with Gasteiger partial charge in [0.25, 0.3) is 0 Å². The van der Waals surface area contributed by atoms with Crippen molar-refractivity contribution in [3.63, 3.8) is 0 Å². The second kappa shape index (κ2) is 4.46. The predicted octanol–water partition coefficient (Wildman–Crippen LogP) is 3.10. The molecule has 0 aliphatic heterocycles. The Morgan fingerprint density at radius 1 is 1.56 bits per heavy atom. The molecule has 0 amide bonds. The Bertz CT molecular complexity index is 409. The first-order valence-corrected chi connectivity index (χ1v) is 6.17. The first kappa shape index (κ1) is 11.5. The maximum Gasteiger partial charge on any atom is 0.0408 e. The summed E-state index contributed by atoms with van der Waals surface area (Å²) in [6, 6.07) is 2.54. The summed E-state index contributed by atoms with van der Waals surface area (Å²) in [4.78, 5) is 0. The molecular formula is C14H22N2. The van der Waals surface area contributed by atoms with Crippen LogP contribution in [0, 0.1) is 6.92 Å². The molecule has 0 spiro atoms. The van der Waals surface area contributed by atoms with Crippen molar-refractivity contribution >= 4 is 0 Å². The highest BCUT2D eigenvalue weighted by molar-refractivity contribution is 5.32. The van der Waals surface area contributed by atoms with E-state index < -0.39 is 0 Å². The number of nitrogens with zero attached hydrogens (tertiary/aromatic N) is 1. The van der Waals surface area contributed by atoms with Gasteiger partial charge < -0.3 is 10.3 Å². The standard InChI is InChI=1S/C14H22N2/c1-10(2)7-8-16-11(3)9-12-13(15)5-4-6-14(12)16/h7,9,13H,4-6,8,15H2,1-3H3. The topological polar surface area (TPSA) is 30.9 Å². The maximum absolute atomic E-state index is 6.16. The van der Waals surface area contributed by atoms with Crippen molar-refractivity contribution in [2.24, 2.45) is 5.73 Å². The van der Waals surface area contributed by atoms with Crippen LogP contribution in [0.2, 0.25) is 0 Å². The molecular weight excluding hydrogens is 196 g/mol. The van der Waals surface area contributed by atoms with Crippen molar-refractivity contribution < 1.29 is 0 Å². The van der Waals surface area contributed by atoms with Gasteiger partial charge in [-0.2, -0.15) is 0 Å². The molecule has 0 radical (unpaired) electrons. The lowest BCUT2D eigenvalue weighted by Gasteiger charge is -2.20. The molecule has 1 aromatic heterocycles. The zero-order valence-corrected chi connectivity index (χ0v) is 10.6. The number of hydrogen-bond donors (Lipinski definition) is 1. The Morgan fingerprint density at radius 2 is 2.31 bits per heavy atom. The molecule has 2 nitrogen and oxygen atoms in total. The lowest BCUT2D eigenvalue weighted by Crippen LogP contribution is -2.18. The zero-order chi connectivity index (χ0) is 11.7. The first-order valence-electron chi connectivity index (χ1n) is 6.17. The number of nitrogens with two attached hydrogens (primary N) is 1. The Balaban J connectivity index is 2.34. The van der Waals surface area contributed by atoms with Crippen LogP contribution in [0.5, 0.6) is 0 Å². The van der Waals surface area contributed by atoms with Gasteiger partial charge in [-0.05, 0) is 51.7 Å². The summed E-state index contributed by atoms with van der Waals surface area (Å²) >= 11 is 0. The van der Waals surface area contributed by atoms with Crippen molar-refractivity contribution in [3.8, 4) is 0 Å². The third-order valence-electron chi connectivity index (χ3n) is 3.46. The molecule has 1 aromatic rings. The molecule has 0 saturated carbocycles. The molecule has 1 aliphatic carbocycles. The van der Waals surface area contributed by atoms with E-state index in [1.165, 1.54) is 35.4 Å². The molecule has 2 heteroatoms. The molecule has 1 aliphatic rings. The Labute approximate surface area is 98.1 Å². The van der Waals surface area contributed by atoms with Crippen molar-refractivity contribution in [2.75, 3.05) is 0 Å². The summed E-state index contributed by atoms with van der Waals surface area (Å²) in [5, 5.41) is 0. The normalized spacial score (nSPS) is 19.4. The minimum Gasteiger partial charge on any atom is -0.345 e. The molecule has 1 atom stereocenters.